The third-order valence-electron chi connectivity index (χ3n) is 5.31. The highest BCUT2D eigenvalue weighted by Gasteiger charge is 2.18. The normalized spacial score (nSPS) is 12.4. The zero-order valence-electron chi connectivity index (χ0n) is 15.4. The molecule has 0 radical (unpaired) electrons. The van der Waals surface area contributed by atoms with Gasteiger partial charge in [-0.25, -0.2) is 0 Å². The summed E-state index contributed by atoms with van der Waals surface area (Å²) in [4.78, 5) is 3.63. The van der Waals surface area contributed by atoms with Crippen LogP contribution in [0.15, 0.2) is 72.8 Å². The van der Waals surface area contributed by atoms with Gasteiger partial charge >= 0.3 is 0 Å². The second kappa shape index (κ2) is 5.25. The second-order valence-electron chi connectivity index (χ2n) is 8.04. The topological polar surface area (TPSA) is 20.7 Å². The van der Waals surface area contributed by atoms with Gasteiger partial charge in [0.25, 0.3) is 0 Å². The van der Waals surface area contributed by atoms with Crippen LogP contribution < -0.4 is 0 Å². The Morgan fingerprint density at radius 3 is 2.12 bits per heavy atom. The summed E-state index contributed by atoms with van der Waals surface area (Å²) in [5.41, 5.74) is 7.60. The molecule has 1 N–H and O–H groups in total. The van der Waals surface area contributed by atoms with Crippen LogP contribution in [0.25, 0.3) is 38.5 Å². The average molecular weight is 338 g/mol. The van der Waals surface area contributed by atoms with Crippen LogP contribution in [-0.2, 0) is 5.41 Å². The Bertz CT molecular complexity index is 1240. The van der Waals surface area contributed by atoms with Crippen LogP contribution in [0, 0.1) is 0 Å². The molecule has 0 aliphatic rings. The molecule has 0 aliphatic carbocycles. The number of rotatable bonds is 1. The average Bonchev–Trinajstić information content (AvgIpc) is 3.16. The lowest BCUT2D eigenvalue weighted by Gasteiger charge is -2.19. The number of hydrogen-bond donors (Lipinski definition) is 1. The number of fused-ring (bicyclic) bond motifs is 5. The summed E-state index contributed by atoms with van der Waals surface area (Å²) in [6, 6.07) is 26.2. The van der Waals surface area contributed by atoms with E-state index in [2.05, 4.69) is 103 Å². The number of nitrogens with one attached hydrogen (secondary N) is 1. The van der Waals surface area contributed by atoms with Gasteiger partial charge in [0.15, 0.2) is 0 Å². The summed E-state index contributed by atoms with van der Waals surface area (Å²) < 4.78 is 2.38. The summed E-state index contributed by atoms with van der Waals surface area (Å²) in [5, 5.41) is 2.53. The van der Waals surface area contributed by atoms with E-state index in [-0.39, 0.29) is 5.41 Å². The van der Waals surface area contributed by atoms with Crippen molar-refractivity contribution in [1.29, 1.82) is 0 Å². The van der Waals surface area contributed by atoms with Gasteiger partial charge < -0.3 is 9.55 Å². The van der Waals surface area contributed by atoms with Crippen molar-refractivity contribution in [2.24, 2.45) is 0 Å². The molecule has 0 unspecified atom stereocenters. The minimum absolute atomic E-state index is 0.160. The van der Waals surface area contributed by atoms with Gasteiger partial charge in [0.1, 0.15) is 0 Å². The van der Waals surface area contributed by atoms with Crippen LogP contribution in [0.3, 0.4) is 0 Å². The summed E-state index contributed by atoms with van der Waals surface area (Å²) in [5.74, 6) is 0. The molecule has 128 valence electrons. The zero-order chi connectivity index (χ0) is 17.9. The first kappa shape index (κ1) is 15.3. The number of aromatic amines is 1. The van der Waals surface area contributed by atoms with Crippen LogP contribution in [0.4, 0.5) is 0 Å². The summed E-state index contributed by atoms with van der Waals surface area (Å²) in [7, 11) is 0. The predicted octanol–water partition coefficient (Wildman–Crippen LogP) is 6.56. The maximum atomic E-state index is 3.63. The number of H-pyrrole nitrogens is 1. The first-order valence-electron chi connectivity index (χ1n) is 9.15. The molecule has 0 fully saturated rings. The van der Waals surface area contributed by atoms with Crippen molar-refractivity contribution in [3.8, 4) is 5.69 Å². The van der Waals surface area contributed by atoms with Crippen LogP contribution in [0.1, 0.15) is 26.3 Å². The fourth-order valence-corrected chi connectivity index (χ4v) is 3.93. The first-order valence-corrected chi connectivity index (χ1v) is 9.15. The fraction of sp³-hybridized carbons (Fsp3) is 0.167. The second-order valence-corrected chi connectivity index (χ2v) is 8.04. The number of benzene rings is 3. The van der Waals surface area contributed by atoms with Crippen molar-refractivity contribution >= 4 is 32.8 Å². The molecular formula is C24H22N2. The highest BCUT2D eigenvalue weighted by atomic mass is 15.0. The predicted molar refractivity (Wildman–Crippen MR) is 111 cm³/mol. The molecule has 0 aliphatic heterocycles. The monoisotopic (exact) mass is 338 g/mol. The van der Waals surface area contributed by atoms with Crippen LogP contribution in [0.5, 0.6) is 0 Å². The van der Waals surface area contributed by atoms with Crippen molar-refractivity contribution < 1.29 is 0 Å². The van der Waals surface area contributed by atoms with Gasteiger partial charge in [0, 0.05) is 22.0 Å². The third kappa shape index (κ3) is 2.12. The summed E-state index contributed by atoms with van der Waals surface area (Å²) in [6.45, 7) is 6.76. The number of nitrogens with zero attached hydrogens (tertiary/aromatic N) is 1. The summed E-state index contributed by atoms with van der Waals surface area (Å²) >= 11 is 0. The Kier molecular flexibility index (Phi) is 3.08. The molecule has 0 saturated heterocycles. The first-order chi connectivity index (χ1) is 12.5. The largest absolute Gasteiger partial charge is 0.353 e. The number of hydrogen-bond acceptors (Lipinski definition) is 0. The molecule has 3 aromatic carbocycles. The fourth-order valence-electron chi connectivity index (χ4n) is 3.93. The van der Waals surface area contributed by atoms with E-state index >= 15 is 0 Å². The van der Waals surface area contributed by atoms with Crippen molar-refractivity contribution in [3.63, 3.8) is 0 Å². The Balaban J connectivity index is 1.88. The summed E-state index contributed by atoms with van der Waals surface area (Å²) in [6.07, 6.45) is 0. The van der Waals surface area contributed by atoms with Gasteiger partial charge in [-0.1, -0.05) is 69.3 Å². The van der Waals surface area contributed by atoms with E-state index in [9.17, 15) is 0 Å². The molecule has 0 atom stereocenters. The lowest BCUT2D eigenvalue weighted by Crippen LogP contribution is -2.10. The molecule has 2 heteroatoms. The Labute approximate surface area is 153 Å². The maximum absolute atomic E-state index is 3.63. The van der Waals surface area contributed by atoms with E-state index < -0.39 is 0 Å². The lowest BCUT2D eigenvalue weighted by atomic mass is 9.87. The van der Waals surface area contributed by atoms with Gasteiger partial charge in [-0.2, -0.15) is 0 Å². The van der Waals surface area contributed by atoms with E-state index in [1.165, 1.54) is 44.1 Å². The molecule has 0 saturated carbocycles. The minimum atomic E-state index is 0.160. The Morgan fingerprint density at radius 2 is 1.38 bits per heavy atom. The van der Waals surface area contributed by atoms with Gasteiger partial charge in [-0.05, 0) is 35.2 Å². The van der Waals surface area contributed by atoms with Gasteiger partial charge in [-0.15, -0.1) is 0 Å². The van der Waals surface area contributed by atoms with Gasteiger partial charge in [0.2, 0.25) is 0 Å². The molecule has 5 rings (SSSR count). The van der Waals surface area contributed by atoms with Gasteiger partial charge in [0.05, 0.1) is 16.6 Å². The molecule has 0 amide bonds. The number of para-hydroxylation sites is 2. The minimum Gasteiger partial charge on any atom is -0.353 e. The molecule has 0 bridgehead atoms. The van der Waals surface area contributed by atoms with Gasteiger partial charge in [-0.3, -0.25) is 0 Å². The van der Waals surface area contributed by atoms with Crippen molar-refractivity contribution in [2.75, 3.05) is 0 Å². The highest BCUT2D eigenvalue weighted by molar-refractivity contribution is 6.18. The van der Waals surface area contributed by atoms with E-state index in [1.54, 1.807) is 0 Å². The maximum Gasteiger partial charge on any atom is 0.0797 e. The molecule has 2 aromatic heterocycles. The van der Waals surface area contributed by atoms with E-state index in [0.717, 1.165) is 0 Å². The number of aromatic nitrogens is 2. The van der Waals surface area contributed by atoms with Crippen LogP contribution >= 0.6 is 0 Å². The lowest BCUT2D eigenvalue weighted by molar-refractivity contribution is 0.590. The van der Waals surface area contributed by atoms with E-state index in [4.69, 9.17) is 0 Å². The third-order valence-corrected chi connectivity index (χ3v) is 5.31. The SMILES string of the molecule is CC(C)(C)c1ccc(-n2c3ccccc3c3[nH]c4ccccc4c32)cc1. The molecule has 0 spiro atoms. The Hall–Kier alpha value is -3.00. The molecule has 2 nitrogen and oxygen atoms in total. The van der Waals surface area contributed by atoms with Crippen molar-refractivity contribution in [2.45, 2.75) is 26.2 Å². The Morgan fingerprint density at radius 1 is 0.731 bits per heavy atom. The zero-order valence-corrected chi connectivity index (χ0v) is 15.4. The molecular weight excluding hydrogens is 316 g/mol. The van der Waals surface area contributed by atoms with E-state index in [1.807, 2.05) is 0 Å². The molecule has 2 heterocycles. The highest BCUT2D eigenvalue weighted by Crippen LogP contribution is 2.36. The van der Waals surface area contributed by atoms with Crippen molar-refractivity contribution in [1.82, 2.24) is 9.55 Å². The molecule has 26 heavy (non-hydrogen) atoms. The van der Waals surface area contributed by atoms with E-state index in [0.29, 0.717) is 0 Å². The van der Waals surface area contributed by atoms with Crippen LogP contribution in [-0.4, -0.2) is 9.55 Å². The quantitative estimate of drug-likeness (QED) is 0.357. The van der Waals surface area contributed by atoms with Crippen LogP contribution in [0.2, 0.25) is 0 Å². The molecule has 5 aromatic rings. The standard InChI is InChI=1S/C24H22N2/c1-24(2,3)16-12-14-17(15-13-16)26-21-11-7-5-9-19(21)22-23(26)18-8-4-6-10-20(18)25-22/h4-15,25H,1-3H3. The van der Waals surface area contributed by atoms with Crippen molar-refractivity contribution in [3.05, 3.63) is 78.4 Å². The smallest absolute Gasteiger partial charge is 0.0797 e.